The van der Waals surface area contributed by atoms with Crippen LogP contribution < -0.4 is 0 Å². The molecule has 1 aliphatic rings. The van der Waals surface area contributed by atoms with Crippen molar-refractivity contribution >= 4 is 23.5 Å². The van der Waals surface area contributed by atoms with Crippen LogP contribution in [0.5, 0.6) is 0 Å². The second kappa shape index (κ2) is 4.73. The van der Waals surface area contributed by atoms with Gasteiger partial charge in [0, 0.05) is 0 Å². The van der Waals surface area contributed by atoms with Crippen molar-refractivity contribution < 1.29 is 30.0 Å². The maximum absolute atomic E-state index is 11.3. The lowest BCUT2D eigenvalue weighted by Gasteiger charge is -2.34. The summed E-state index contributed by atoms with van der Waals surface area (Å²) in [6.45, 7) is 3.36. The molecule has 2 atom stereocenters. The van der Waals surface area contributed by atoms with E-state index in [1.54, 1.807) is 0 Å². The molecule has 6 nitrogen and oxygen atoms in total. The molecular formula is C11H11ClO6. The lowest BCUT2D eigenvalue weighted by atomic mass is 9.69. The fourth-order valence-corrected chi connectivity index (χ4v) is 2.20. The van der Waals surface area contributed by atoms with E-state index in [1.807, 2.05) is 0 Å². The molecule has 0 radical (unpaired) electrons. The Morgan fingerprint density at radius 2 is 2.00 bits per heavy atom. The molecule has 4 N–H and O–H groups in total. The van der Waals surface area contributed by atoms with E-state index in [4.69, 9.17) is 16.7 Å². The van der Waals surface area contributed by atoms with Crippen molar-refractivity contribution in [1.82, 2.24) is 0 Å². The summed E-state index contributed by atoms with van der Waals surface area (Å²) in [6.07, 6.45) is 1.86. The number of hydrogen-bond acceptors (Lipinski definition) is 4. The van der Waals surface area contributed by atoms with E-state index >= 15 is 0 Å². The van der Waals surface area contributed by atoms with E-state index in [1.165, 1.54) is 6.08 Å². The first kappa shape index (κ1) is 14.1. The summed E-state index contributed by atoms with van der Waals surface area (Å²) in [5.74, 6) is -6.68. The summed E-state index contributed by atoms with van der Waals surface area (Å²) >= 11 is 5.60. The molecule has 0 aromatic heterocycles. The van der Waals surface area contributed by atoms with Gasteiger partial charge in [-0.05, 0) is 12.5 Å². The Kier molecular flexibility index (Phi) is 3.71. The SMILES string of the molecule is C=CCC1(C(=O)O)C=C(Cl)C(O)=C(O)C1C(=O)O. The Labute approximate surface area is 107 Å². The highest BCUT2D eigenvalue weighted by atomic mass is 35.5. The van der Waals surface area contributed by atoms with Crippen LogP contribution in [0.3, 0.4) is 0 Å². The summed E-state index contributed by atoms with van der Waals surface area (Å²) in [6, 6.07) is 0. The number of aliphatic carboxylic acids is 2. The second-order valence-electron chi connectivity index (χ2n) is 3.84. The minimum atomic E-state index is -1.97. The molecule has 0 aromatic carbocycles. The van der Waals surface area contributed by atoms with Crippen LogP contribution in [-0.4, -0.2) is 32.4 Å². The van der Waals surface area contributed by atoms with Crippen LogP contribution in [0.2, 0.25) is 0 Å². The zero-order valence-electron chi connectivity index (χ0n) is 9.13. The number of aliphatic hydroxyl groups excluding tert-OH is 2. The number of carboxylic acid groups (broad SMARTS) is 2. The average Bonchev–Trinajstić information content (AvgIpc) is 2.25. The molecule has 1 rings (SSSR count). The molecule has 7 heteroatoms. The van der Waals surface area contributed by atoms with E-state index < -0.39 is 39.8 Å². The van der Waals surface area contributed by atoms with Crippen molar-refractivity contribution in [1.29, 1.82) is 0 Å². The smallest absolute Gasteiger partial charge is 0.315 e. The van der Waals surface area contributed by atoms with Gasteiger partial charge in [0.1, 0.15) is 11.3 Å². The fraction of sp³-hybridized carbons (Fsp3) is 0.273. The molecule has 0 saturated heterocycles. The van der Waals surface area contributed by atoms with Crippen LogP contribution >= 0.6 is 11.6 Å². The van der Waals surface area contributed by atoms with Gasteiger partial charge in [-0.15, -0.1) is 6.58 Å². The van der Waals surface area contributed by atoms with E-state index in [0.717, 1.165) is 6.08 Å². The maximum Gasteiger partial charge on any atom is 0.315 e. The molecule has 18 heavy (non-hydrogen) atoms. The highest BCUT2D eigenvalue weighted by Crippen LogP contribution is 2.45. The summed E-state index contributed by atoms with van der Waals surface area (Å²) in [7, 11) is 0. The van der Waals surface area contributed by atoms with Gasteiger partial charge in [0.15, 0.2) is 11.5 Å². The molecule has 0 bridgehead atoms. The normalized spacial score (nSPS) is 27.6. The van der Waals surface area contributed by atoms with Gasteiger partial charge in [0.05, 0.1) is 5.03 Å². The minimum absolute atomic E-state index is 0.257. The first-order valence-corrected chi connectivity index (χ1v) is 5.23. The molecule has 98 valence electrons. The number of hydrogen-bond donors (Lipinski definition) is 4. The number of carboxylic acids is 2. The van der Waals surface area contributed by atoms with Gasteiger partial charge in [-0.3, -0.25) is 9.59 Å². The summed E-state index contributed by atoms with van der Waals surface area (Å²) in [5, 5.41) is 36.9. The molecule has 1 aliphatic carbocycles. The van der Waals surface area contributed by atoms with E-state index in [0.29, 0.717) is 0 Å². The van der Waals surface area contributed by atoms with E-state index in [2.05, 4.69) is 6.58 Å². The largest absolute Gasteiger partial charge is 0.507 e. The van der Waals surface area contributed by atoms with Gasteiger partial charge in [0.25, 0.3) is 0 Å². The molecule has 0 amide bonds. The Hall–Kier alpha value is -1.95. The third-order valence-electron chi connectivity index (χ3n) is 2.77. The Balaban J connectivity index is 3.53. The van der Waals surface area contributed by atoms with Gasteiger partial charge in [-0.1, -0.05) is 17.7 Å². The van der Waals surface area contributed by atoms with Crippen molar-refractivity contribution in [2.75, 3.05) is 0 Å². The highest BCUT2D eigenvalue weighted by molar-refractivity contribution is 6.32. The molecule has 0 saturated carbocycles. The predicted molar refractivity (Wildman–Crippen MR) is 62.2 cm³/mol. The fourth-order valence-electron chi connectivity index (χ4n) is 1.91. The molecule has 0 aromatic rings. The van der Waals surface area contributed by atoms with Crippen LogP contribution in [0.4, 0.5) is 0 Å². The first-order chi connectivity index (χ1) is 8.27. The van der Waals surface area contributed by atoms with Crippen LogP contribution in [0.25, 0.3) is 0 Å². The number of carbonyl (C=O) groups is 2. The quantitative estimate of drug-likeness (QED) is 0.581. The Morgan fingerprint density at radius 1 is 1.44 bits per heavy atom. The van der Waals surface area contributed by atoms with Crippen molar-refractivity contribution in [3.05, 3.63) is 35.3 Å². The third-order valence-corrected chi connectivity index (χ3v) is 3.06. The molecule has 0 fully saturated rings. The number of halogens is 1. The molecule has 2 unspecified atom stereocenters. The zero-order chi connectivity index (χ0) is 14.1. The van der Waals surface area contributed by atoms with Crippen molar-refractivity contribution in [2.24, 2.45) is 11.3 Å². The monoisotopic (exact) mass is 274 g/mol. The summed E-state index contributed by atoms with van der Waals surface area (Å²) in [4.78, 5) is 22.5. The number of allylic oxidation sites excluding steroid dienone is 2. The number of aliphatic hydroxyl groups is 2. The van der Waals surface area contributed by atoms with Gasteiger partial charge in [-0.2, -0.15) is 0 Å². The van der Waals surface area contributed by atoms with E-state index in [-0.39, 0.29) is 6.42 Å². The lowest BCUT2D eigenvalue weighted by Crippen LogP contribution is -2.44. The van der Waals surface area contributed by atoms with Crippen LogP contribution in [0.1, 0.15) is 6.42 Å². The number of rotatable bonds is 4. The average molecular weight is 275 g/mol. The van der Waals surface area contributed by atoms with Gasteiger partial charge in [-0.25, -0.2) is 0 Å². The van der Waals surface area contributed by atoms with Gasteiger partial charge in [0.2, 0.25) is 0 Å². The van der Waals surface area contributed by atoms with Crippen LogP contribution in [0.15, 0.2) is 35.3 Å². The topological polar surface area (TPSA) is 115 Å². The first-order valence-electron chi connectivity index (χ1n) is 4.86. The summed E-state index contributed by atoms with van der Waals surface area (Å²) < 4.78 is 0. The highest BCUT2D eigenvalue weighted by Gasteiger charge is 2.53. The third kappa shape index (κ3) is 1.95. The predicted octanol–water partition coefficient (Wildman–Crippen LogP) is 1.80. The Bertz CT molecular complexity index is 478. The van der Waals surface area contributed by atoms with Crippen LogP contribution in [0, 0.1) is 11.3 Å². The second-order valence-corrected chi connectivity index (χ2v) is 4.24. The molecule has 0 aliphatic heterocycles. The zero-order valence-corrected chi connectivity index (χ0v) is 9.89. The van der Waals surface area contributed by atoms with Crippen molar-refractivity contribution in [3.8, 4) is 0 Å². The van der Waals surface area contributed by atoms with Crippen molar-refractivity contribution in [2.45, 2.75) is 6.42 Å². The summed E-state index contributed by atoms with van der Waals surface area (Å²) in [5.41, 5.74) is -1.97. The van der Waals surface area contributed by atoms with Crippen molar-refractivity contribution in [3.63, 3.8) is 0 Å². The van der Waals surface area contributed by atoms with Gasteiger partial charge >= 0.3 is 11.9 Å². The standard InChI is InChI=1S/C11H11ClO6/c1-2-3-11(10(17)18)4-5(12)7(13)8(14)6(11)9(15)16/h2,4,6,13-14H,1,3H2,(H,15,16)(H,17,18). The van der Waals surface area contributed by atoms with Crippen LogP contribution in [-0.2, 0) is 9.59 Å². The lowest BCUT2D eigenvalue weighted by molar-refractivity contribution is -0.158. The molecule has 0 spiro atoms. The Morgan fingerprint density at radius 3 is 2.39 bits per heavy atom. The minimum Gasteiger partial charge on any atom is -0.507 e. The van der Waals surface area contributed by atoms with E-state index in [9.17, 15) is 24.9 Å². The molecular weight excluding hydrogens is 264 g/mol. The van der Waals surface area contributed by atoms with Gasteiger partial charge < -0.3 is 20.4 Å². The maximum atomic E-state index is 11.3. The molecule has 0 heterocycles.